The van der Waals surface area contributed by atoms with Crippen LogP contribution in [0.2, 0.25) is 0 Å². The van der Waals surface area contributed by atoms with Crippen molar-refractivity contribution in [2.45, 2.75) is 32.0 Å². The van der Waals surface area contributed by atoms with Crippen molar-refractivity contribution in [2.24, 2.45) is 0 Å². The molecule has 1 saturated heterocycles. The lowest BCUT2D eigenvalue weighted by Gasteiger charge is -2.23. The van der Waals surface area contributed by atoms with Crippen molar-refractivity contribution in [1.29, 1.82) is 0 Å². The number of rotatable bonds is 9. The van der Waals surface area contributed by atoms with Crippen molar-refractivity contribution >= 4 is 12.1 Å². The van der Waals surface area contributed by atoms with Gasteiger partial charge in [-0.25, -0.2) is 4.79 Å². The SMILES string of the molecule is COc1ccc(CC(=O)O)cc1Oc1ccc(-c2cn[nH]c2)cc1CN1C(=O)O[C@H](c2ccccc2)[C@@H]1C. The van der Waals surface area contributed by atoms with Gasteiger partial charge in [-0.2, -0.15) is 5.10 Å². The highest BCUT2D eigenvalue weighted by Gasteiger charge is 2.40. The third-order valence-electron chi connectivity index (χ3n) is 6.56. The maximum Gasteiger partial charge on any atom is 0.411 e. The number of methoxy groups -OCH3 is 1. The van der Waals surface area contributed by atoms with Gasteiger partial charge in [-0.05, 0) is 47.9 Å². The number of nitrogens with zero attached hydrogens (tertiary/aromatic N) is 2. The van der Waals surface area contributed by atoms with E-state index in [2.05, 4.69) is 10.2 Å². The molecular weight excluding hydrogens is 486 g/mol. The normalized spacial score (nSPS) is 16.8. The summed E-state index contributed by atoms with van der Waals surface area (Å²) in [5, 5.41) is 16.1. The molecule has 3 aromatic carbocycles. The Morgan fingerprint density at radius 1 is 1.05 bits per heavy atom. The lowest BCUT2D eigenvalue weighted by atomic mass is 10.0. The van der Waals surface area contributed by atoms with Crippen molar-refractivity contribution in [3.63, 3.8) is 0 Å². The molecule has 9 nitrogen and oxygen atoms in total. The lowest BCUT2D eigenvalue weighted by molar-refractivity contribution is -0.136. The Labute approximate surface area is 219 Å². The number of nitrogens with one attached hydrogen (secondary N) is 1. The highest BCUT2D eigenvalue weighted by molar-refractivity contribution is 5.72. The number of aromatic amines is 1. The molecule has 0 radical (unpaired) electrons. The van der Waals surface area contributed by atoms with Crippen molar-refractivity contribution in [3.8, 4) is 28.4 Å². The Hall–Kier alpha value is -4.79. The predicted molar refractivity (Wildman–Crippen MR) is 139 cm³/mol. The summed E-state index contributed by atoms with van der Waals surface area (Å²) in [6.07, 6.45) is 2.56. The fourth-order valence-corrected chi connectivity index (χ4v) is 4.58. The van der Waals surface area contributed by atoms with Gasteiger partial charge in [0.1, 0.15) is 11.9 Å². The number of ether oxygens (including phenoxy) is 3. The summed E-state index contributed by atoms with van der Waals surface area (Å²) in [6, 6.07) is 20.1. The Morgan fingerprint density at radius 3 is 2.55 bits per heavy atom. The second kappa shape index (κ2) is 10.7. The fraction of sp³-hybridized carbons (Fsp3) is 0.207. The summed E-state index contributed by atoms with van der Waals surface area (Å²) in [5.41, 5.74) is 4.03. The molecule has 194 valence electrons. The van der Waals surface area contributed by atoms with E-state index in [4.69, 9.17) is 14.2 Å². The van der Waals surface area contributed by atoms with Gasteiger partial charge >= 0.3 is 12.1 Å². The van der Waals surface area contributed by atoms with E-state index in [1.165, 1.54) is 7.11 Å². The second-order valence-corrected chi connectivity index (χ2v) is 9.05. The molecule has 2 N–H and O–H groups in total. The van der Waals surface area contributed by atoms with Gasteiger partial charge in [-0.1, -0.05) is 42.5 Å². The van der Waals surface area contributed by atoms with Gasteiger partial charge in [0.15, 0.2) is 11.5 Å². The Morgan fingerprint density at radius 2 is 1.84 bits per heavy atom. The molecule has 2 atom stereocenters. The van der Waals surface area contributed by atoms with Crippen molar-refractivity contribution < 1.29 is 28.9 Å². The standard InChI is InChI=1S/C29H27N3O6/c1-18-28(20-6-4-3-5-7-20)38-29(35)32(18)17-22-14-21(23-15-30-31-16-23)9-11-24(22)37-26-12-19(13-27(33)34)8-10-25(26)36-2/h3-12,14-16,18,28H,13,17H2,1-2H3,(H,30,31)(H,33,34)/t18-,28-/m0/s1. The molecule has 1 fully saturated rings. The van der Waals surface area contributed by atoms with Crippen LogP contribution in [-0.2, 0) is 22.5 Å². The van der Waals surface area contributed by atoms with E-state index in [-0.39, 0.29) is 19.0 Å². The topological polar surface area (TPSA) is 114 Å². The Balaban J connectivity index is 1.49. The van der Waals surface area contributed by atoms with E-state index in [1.54, 1.807) is 35.5 Å². The smallest absolute Gasteiger partial charge is 0.411 e. The van der Waals surface area contributed by atoms with Crippen molar-refractivity contribution in [2.75, 3.05) is 7.11 Å². The number of carboxylic acids is 1. The van der Waals surface area contributed by atoms with Crippen LogP contribution in [0.25, 0.3) is 11.1 Å². The quantitative estimate of drug-likeness (QED) is 0.300. The number of hydrogen-bond donors (Lipinski definition) is 2. The molecule has 38 heavy (non-hydrogen) atoms. The number of aliphatic carboxylic acids is 1. The van der Waals surface area contributed by atoms with E-state index in [1.807, 2.05) is 55.5 Å². The summed E-state index contributed by atoms with van der Waals surface area (Å²) in [4.78, 5) is 25.9. The zero-order chi connectivity index (χ0) is 26.6. The first-order valence-corrected chi connectivity index (χ1v) is 12.1. The minimum atomic E-state index is -0.944. The number of hydrogen-bond acceptors (Lipinski definition) is 6. The summed E-state index contributed by atoms with van der Waals surface area (Å²) in [7, 11) is 1.52. The van der Waals surface area contributed by atoms with Gasteiger partial charge in [-0.15, -0.1) is 0 Å². The number of H-pyrrole nitrogens is 1. The number of carbonyl (C=O) groups excluding carboxylic acids is 1. The van der Waals surface area contributed by atoms with E-state index in [0.717, 1.165) is 22.3 Å². The number of cyclic esters (lactones) is 1. The first-order valence-electron chi connectivity index (χ1n) is 12.1. The zero-order valence-corrected chi connectivity index (χ0v) is 21.0. The number of carbonyl (C=O) groups is 2. The maximum absolute atomic E-state index is 13.0. The molecule has 0 spiro atoms. The molecular formula is C29H27N3O6. The van der Waals surface area contributed by atoms with Crippen molar-refractivity contribution in [3.05, 3.63) is 95.8 Å². The van der Waals surface area contributed by atoms with Crippen LogP contribution < -0.4 is 9.47 Å². The summed E-state index contributed by atoms with van der Waals surface area (Å²) < 4.78 is 17.5. The Bertz CT molecular complexity index is 1440. The monoisotopic (exact) mass is 513 g/mol. The van der Waals surface area contributed by atoms with Crippen LogP contribution in [0.1, 0.15) is 29.7 Å². The van der Waals surface area contributed by atoms with Gasteiger partial charge in [-0.3, -0.25) is 14.8 Å². The third-order valence-corrected chi connectivity index (χ3v) is 6.56. The lowest BCUT2D eigenvalue weighted by Crippen LogP contribution is -2.31. The molecule has 1 aromatic heterocycles. The van der Waals surface area contributed by atoms with Crippen LogP contribution in [0.5, 0.6) is 17.2 Å². The third kappa shape index (κ3) is 5.17. The number of aromatic nitrogens is 2. The summed E-state index contributed by atoms with van der Waals surface area (Å²) in [6.45, 7) is 2.20. The molecule has 1 aliphatic heterocycles. The number of benzene rings is 3. The van der Waals surface area contributed by atoms with Crippen LogP contribution in [0.3, 0.4) is 0 Å². The first-order chi connectivity index (χ1) is 18.4. The average Bonchev–Trinajstić information content (AvgIpc) is 3.55. The van der Waals surface area contributed by atoms with Crippen LogP contribution in [0, 0.1) is 0 Å². The minimum Gasteiger partial charge on any atom is -0.493 e. The zero-order valence-electron chi connectivity index (χ0n) is 21.0. The predicted octanol–water partition coefficient (Wildman–Crippen LogP) is 5.59. The van der Waals surface area contributed by atoms with Gasteiger partial charge < -0.3 is 19.3 Å². The van der Waals surface area contributed by atoms with E-state index >= 15 is 0 Å². The second-order valence-electron chi connectivity index (χ2n) is 9.05. The van der Waals surface area contributed by atoms with E-state index in [9.17, 15) is 14.7 Å². The average molecular weight is 514 g/mol. The molecule has 0 saturated carbocycles. The summed E-state index contributed by atoms with van der Waals surface area (Å²) >= 11 is 0. The molecule has 0 unspecified atom stereocenters. The molecule has 0 aliphatic carbocycles. The van der Waals surface area contributed by atoms with E-state index < -0.39 is 18.2 Å². The molecule has 5 rings (SSSR count). The maximum atomic E-state index is 13.0. The Kier molecular flexibility index (Phi) is 6.99. The molecule has 9 heteroatoms. The molecule has 0 bridgehead atoms. The van der Waals surface area contributed by atoms with Crippen LogP contribution >= 0.6 is 0 Å². The molecule has 2 heterocycles. The highest BCUT2D eigenvalue weighted by atomic mass is 16.6. The number of carboxylic acid groups (broad SMARTS) is 1. The minimum absolute atomic E-state index is 0.148. The van der Waals surface area contributed by atoms with Gasteiger partial charge in [0, 0.05) is 17.3 Å². The van der Waals surface area contributed by atoms with Gasteiger partial charge in [0.25, 0.3) is 0 Å². The first kappa shape index (κ1) is 24.9. The molecule has 4 aromatic rings. The van der Waals surface area contributed by atoms with Gasteiger partial charge in [0.2, 0.25) is 0 Å². The molecule has 1 amide bonds. The van der Waals surface area contributed by atoms with Crippen LogP contribution in [0.15, 0.2) is 79.1 Å². The fourth-order valence-electron chi connectivity index (χ4n) is 4.58. The van der Waals surface area contributed by atoms with Crippen LogP contribution in [-0.4, -0.2) is 45.4 Å². The number of amides is 1. The van der Waals surface area contributed by atoms with Crippen LogP contribution in [0.4, 0.5) is 4.79 Å². The van der Waals surface area contributed by atoms with Gasteiger partial charge in [0.05, 0.1) is 32.3 Å². The largest absolute Gasteiger partial charge is 0.493 e. The summed E-state index contributed by atoms with van der Waals surface area (Å²) in [5.74, 6) is 0.400. The highest BCUT2D eigenvalue weighted by Crippen LogP contribution is 2.39. The molecule has 1 aliphatic rings. The van der Waals surface area contributed by atoms with E-state index in [0.29, 0.717) is 22.8 Å². The van der Waals surface area contributed by atoms with Crippen molar-refractivity contribution in [1.82, 2.24) is 15.1 Å².